The maximum absolute atomic E-state index is 11.2. The Kier molecular flexibility index (Phi) is 4.36. The summed E-state index contributed by atoms with van der Waals surface area (Å²) >= 11 is 0. The average molecular weight is 228 g/mol. The van der Waals surface area contributed by atoms with Gasteiger partial charge in [0.25, 0.3) is 0 Å². The SMILES string of the molecule is CCC1CCC(C(=O)O)C(OC(C)(C)C)C1. The van der Waals surface area contributed by atoms with Gasteiger partial charge in [0.05, 0.1) is 17.6 Å². The molecule has 1 aliphatic carbocycles. The second-order valence-corrected chi connectivity index (χ2v) is 5.80. The van der Waals surface area contributed by atoms with E-state index >= 15 is 0 Å². The molecule has 3 heteroatoms. The fourth-order valence-electron chi connectivity index (χ4n) is 2.45. The molecule has 0 aliphatic heterocycles. The summed E-state index contributed by atoms with van der Waals surface area (Å²) in [5.74, 6) is -0.395. The van der Waals surface area contributed by atoms with Gasteiger partial charge in [-0.25, -0.2) is 0 Å². The smallest absolute Gasteiger partial charge is 0.309 e. The van der Waals surface area contributed by atoms with Crippen LogP contribution in [0.25, 0.3) is 0 Å². The van der Waals surface area contributed by atoms with E-state index in [0.717, 1.165) is 25.7 Å². The summed E-state index contributed by atoms with van der Waals surface area (Å²) in [4.78, 5) is 11.2. The number of hydrogen-bond acceptors (Lipinski definition) is 2. The van der Waals surface area contributed by atoms with E-state index in [4.69, 9.17) is 4.74 Å². The number of hydrogen-bond donors (Lipinski definition) is 1. The van der Waals surface area contributed by atoms with Gasteiger partial charge in [0.1, 0.15) is 0 Å². The third-order valence-electron chi connectivity index (χ3n) is 3.30. The summed E-state index contributed by atoms with van der Waals surface area (Å²) in [6, 6.07) is 0. The summed E-state index contributed by atoms with van der Waals surface area (Å²) in [5, 5.41) is 9.18. The molecule has 16 heavy (non-hydrogen) atoms. The number of carbonyl (C=O) groups is 1. The molecule has 1 fully saturated rings. The second-order valence-electron chi connectivity index (χ2n) is 5.80. The Morgan fingerprint density at radius 2 is 2.00 bits per heavy atom. The van der Waals surface area contributed by atoms with Gasteiger partial charge in [-0.05, 0) is 46.0 Å². The molecule has 0 aromatic heterocycles. The quantitative estimate of drug-likeness (QED) is 0.807. The molecule has 0 heterocycles. The van der Waals surface area contributed by atoms with Crippen LogP contribution in [0.15, 0.2) is 0 Å². The number of aliphatic carboxylic acids is 1. The van der Waals surface area contributed by atoms with Crippen LogP contribution >= 0.6 is 0 Å². The lowest BCUT2D eigenvalue weighted by atomic mass is 9.78. The van der Waals surface area contributed by atoms with E-state index < -0.39 is 5.97 Å². The lowest BCUT2D eigenvalue weighted by Gasteiger charge is -2.37. The van der Waals surface area contributed by atoms with Crippen LogP contribution in [0.5, 0.6) is 0 Å². The van der Waals surface area contributed by atoms with Crippen molar-refractivity contribution < 1.29 is 14.6 Å². The number of carboxylic acid groups (broad SMARTS) is 1. The number of carboxylic acids is 1. The first-order valence-corrected chi connectivity index (χ1v) is 6.24. The molecule has 0 radical (unpaired) electrons. The van der Waals surface area contributed by atoms with Crippen molar-refractivity contribution >= 4 is 5.97 Å². The van der Waals surface area contributed by atoms with Crippen LogP contribution in [-0.2, 0) is 9.53 Å². The molecule has 0 bridgehead atoms. The van der Waals surface area contributed by atoms with Crippen molar-refractivity contribution in [3.05, 3.63) is 0 Å². The van der Waals surface area contributed by atoms with Gasteiger partial charge in [0, 0.05) is 0 Å². The molecule has 1 rings (SSSR count). The van der Waals surface area contributed by atoms with Crippen LogP contribution < -0.4 is 0 Å². The first-order chi connectivity index (χ1) is 7.33. The summed E-state index contributed by atoms with van der Waals surface area (Å²) in [5.41, 5.74) is -0.256. The van der Waals surface area contributed by atoms with E-state index in [1.54, 1.807) is 0 Å². The van der Waals surface area contributed by atoms with Gasteiger partial charge >= 0.3 is 5.97 Å². The predicted octanol–water partition coefficient (Wildman–Crippen LogP) is 3.08. The topological polar surface area (TPSA) is 46.5 Å². The van der Waals surface area contributed by atoms with Gasteiger partial charge in [-0.2, -0.15) is 0 Å². The lowest BCUT2D eigenvalue weighted by Crippen LogP contribution is -2.40. The summed E-state index contributed by atoms with van der Waals surface area (Å²) in [6.45, 7) is 8.13. The van der Waals surface area contributed by atoms with E-state index in [1.165, 1.54) is 0 Å². The van der Waals surface area contributed by atoms with Crippen LogP contribution in [0.1, 0.15) is 53.4 Å². The van der Waals surface area contributed by atoms with Gasteiger partial charge in [-0.15, -0.1) is 0 Å². The highest BCUT2D eigenvalue weighted by Gasteiger charge is 2.37. The van der Waals surface area contributed by atoms with E-state index in [9.17, 15) is 9.90 Å². The maximum Gasteiger partial charge on any atom is 0.309 e. The molecule has 1 aliphatic rings. The summed E-state index contributed by atoms with van der Waals surface area (Å²) in [6.07, 6.45) is 3.68. The van der Waals surface area contributed by atoms with Gasteiger partial charge in [0.2, 0.25) is 0 Å². The summed E-state index contributed by atoms with van der Waals surface area (Å²) < 4.78 is 5.90. The zero-order valence-corrected chi connectivity index (χ0v) is 10.8. The molecule has 94 valence electrons. The van der Waals surface area contributed by atoms with Gasteiger partial charge in [0.15, 0.2) is 0 Å². The zero-order chi connectivity index (χ0) is 12.3. The molecule has 1 N–H and O–H groups in total. The Morgan fingerprint density at radius 1 is 1.38 bits per heavy atom. The Labute approximate surface area is 98.2 Å². The highest BCUT2D eigenvalue weighted by Crippen LogP contribution is 2.35. The van der Waals surface area contributed by atoms with Crippen LogP contribution in [-0.4, -0.2) is 22.8 Å². The Morgan fingerprint density at radius 3 is 2.44 bits per heavy atom. The number of rotatable bonds is 3. The largest absolute Gasteiger partial charge is 0.481 e. The Hall–Kier alpha value is -0.570. The minimum atomic E-state index is -0.705. The third-order valence-corrected chi connectivity index (χ3v) is 3.30. The minimum absolute atomic E-state index is 0.115. The molecular weight excluding hydrogens is 204 g/mol. The van der Waals surface area contributed by atoms with Crippen molar-refractivity contribution in [2.24, 2.45) is 11.8 Å². The van der Waals surface area contributed by atoms with Gasteiger partial charge < -0.3 is 9.84 Å². The minimum Gasteiger partial charge on any atom is -0.481 e. The fraction of sp³-hybridized carbons (Fsp3) is 0.923. The van der Waals surface area contributed by atoms with Crippen LogP contribution in [0, 0.1) is 11.8 Å². The van der Waals surface area contributed by atoms with Crippen LogP contribution in [0.4, 0.5) is 0 Å². The highest BCUT2D eigenvalue weighted by atomic mass is 16.5. The normalized spacial score (nSPS) is 31.4. The van der Waals surface area contributed by atoms with Crippen LogP contribution in [0.2, 0.25) is 0 Å². The van der Waals surface area contributed by atoms with Gasteiger partial charge in [-0.3, -0.25) is 4.79 Å². The molecule has 0 saturated heterocycles. The molecule has 0 aromatic carbocycles. The van der Waals surface area contributed by atoms with Crippen molar-refractivity contribution in [3.8, 4) is 0 Å². The molecule has 3 atom stereocenters. The van der Waals surface area contributed by atoms with Crippen molar-refractivity contribution in [3.63, 3.8) is 0 Å². The molecule has 1 saturated carbocycles. The number of ether oxygens (including phenoxy) is 1. The maximum atomic E-state index is 11.2. The van der Waals surface area contributed by atoms with E-state index in [2.05, 4.69) is 6.92 Å². The standard InChI is InChI=1S/C13H24O3/c1-5-9-6-7-10(12(14)15)11(8-9)16-13(2,3)4/h9-11H,5-8H2,1-4H3,(H,14,15). The van der Waals surface area contributed by atoms with Gasteiger partial charge in [-0.1, -0.05) is 13.3 Å². The van der Waals surface area contributed by atoms with Crippen molar-refractivity contribution in [1.82, 2.24) is 0 Å². The molecule has 3 nitrogen and oxygen atoms in total. The lowest BCUT2D eigenvalue weighted by molar-refractivity contribution is -0.159. The first-order valence-electron chi connectivity index (χ1n) is 6.24. The average Bonchev–Trinajstić information content (AvgIpc) is 2.14. The molecule has 3 unspecified atom stereocenters. The first kappa shape index (κ1) is 13.5. The van der Waals surface area contributed by atoms with Crippen LogP contribution in [0.3, 0.4) is 0 Å². The Balaban J connectivity index is 2.68. The third kappa shape index (κ3) is 3.78. The van der Waals surface area contributed by atoms with Crippen molar-refractivity contribution in [1.29, 1.82) is 0 Å². The Bertz CT molecular complexity index is 242. The summed E-state index contributed by atoms with van der Waals surface area (Å²) in [7, 11) is 0. The van der Waals surface area contributed by atoms with Crippen molar-refractivity contribution in [2.45, 2.75) is 65.1 Å². The molecule has 0 spiro atoms. The van der Waals surface area contributed by atoms with E-state index in [0.29, 0.717) is 5.92 Å². The highest BCUT2D eigenvalue weighted by molar-refractivity contribution is 5.70. The second kappa shape index (κ2) is 5.17. The monoisotopic (exact) mass is 228 g/mol. The van der Waals surface area contributed by atoms with E-state index in [1.807, 2.05) is 20.8 Å². The fourth-order valence-corrected chi connectivity index (χ4v) is 2.45. The molecule has 0 aromatic rings. The van der Waals surface area contributed by atoms with E-state index in [-0.39, 0.29) is 17.6 Å². The van der Waals surface area contributed by atoms with Crippen molar-refractivity contribution in [2.75, 3.05) is 0 Å². The predicted molar refractivity (Wildman–Crippen MR) is 63.4 cm³/mol. The molecular formula is C13H24O3. The molecule has 0 amide bonds. The zero-order valence-electron chi connectivity index (χ0n) is 10.8.